The number of anilines is 5. The zero-order valence-corrected chi connectivity index (χ0v) is 24.5. The van der Waals surface area contributed by atoms with Crippen molar-refractivity contribution in [2.45, 2.75) is 25.9 Å². The van der Waals surface area contributed by atoms with E-state index in [1.807, 2.05) is 48.7 Å². The van der Waals surface area contributed by atoms with Crippen molar-refractivity contribution in [1.29, 1.82) is 0 Å². The fourth-order valence-electron chi connectivity index (χ4n) is 5.54. The van der Waals surface area contributed by atoms with Gasteiger partial charge in [0.25, 0.3) is 0 Å². The molecular weight excluding hydrogens is 525 g/mol. The van der Waals surface area contributed by atoms with Crippen LogP contribution in [0.5, 0.6) is 11.5 Å². The third-order valence-corrected chi connectivity index (χ3v) is 9.22. The summed E-state index contributed by atoms with van der Waals surface area (Å²) in [6.07, 6.45) is 1.83. The van der Waals surface area contributed by atoms with Gasteiger partial charge in [0.2, 0.25) is 5.95 Å². The number of H-pyrrole nitrogens is 1. The highest BCUT2D eigenvalue weighted by molar-refractivity contribution is 7.70. The minimum atomic E-state index is -2.51. The van der Waals surface area contributed by atoms with Crippen LogP contribution in [0, 0.1) is 0 Å². The lowest BCUT2D eigenvalue weighted by atomic mass is 10.1. The van der Waals surface area contributed by atoms with Gasteiger partial charge in [-0.1, -0.05) is 12.1 Å². The molecule has 0 amide bonds. The van der Waals surface area contributed by atoms with Gasteiger partial charge in [0.1, 0.15) is 36.7 Å². The fraction of sp³-hybridized carbons (Fsp3) is 0.379. The Morgan fingerprint density at radius 2 is 1.93 bits per heavy atom. The lowest BCUT2D eigenvalue weighted by Gasteiger charge is -2.46. The maximum absolute atomic E-state index is 12.9. The molecule has 2 aromatic heterocycles. The monoisotopic (exact) mass is 561 g/mol. The van der Waals surface area contributed by atoms with Gasteiger partial charge in [-0.15, -0.1) is 0 Å². The molecule has 3 N–H and O–H groups in total. The molecule has 0 bridgehead atoms. The maximum atomic E-state index is 12.9. The van der Waals surface area contributed by atoms with Crippen LogP contribution in [-0.2, 0) is 4.57 Å². The Bertz CT molecular complexity index is 1600. The van der Waals surface area contributed by atoms with E-state index in [0.29, 0.717) is 47.5 Å². The van der Waals surface area contributed by atoms with E-state index in [1.165, 1.54) is 0 Å². The molecule has 0 spiro atoms. The van der Waals surface area contributed by atoms with Crippen LogP contribution in [0.1, 0.15) is 13.8 Å². The van der Waals surface area contributed by atoms with E-state index in [9.17, 15) is 4.57 Å². The molecule has 1 saturated heterocycles. The summed E-state index contributed by atoms with van der Waals surface area (Å²) in [6, 6.07) is 14.4. The summed E-state index contributed by atoms with van der Waals surface area (Å²) in [5.41, 5.74) is 3.19. The molecule has 6 rings (SSSR count). The van der Waals surface area contributed by atoms with E-state index in [2.05, 4.69) is 39.3 Å². The van der Waals surface area contributed by atoms with Crippen LogP contribution >= 0.6 is 7.14 Å². The van der Waals surface area contributed by atoms with Crippen molar-refractivity contribution < 1.29 is 14.0 Å². The van der Waals surface area contributed by atoms with Crippen LogP contribution in [0.15, 0.2) is 48.7 Å². The highest BCUT2D eigenvalue weighted by atomic mass is 31.2. The van der Waals surface area contributed by atoms with Crippen molar-refractivity contribution in [3.05, 3.63) is 48.7 Å². The molecular formula is C29H36N7O3P. The Kier molecular flexibility index (Phi) is 6.84. The molecule has 0 radical (unpaired) electrons. The average Bonchev–Trinajstić information content (AvgIpc) is 3.41. The van der Waals surface area contributed by atoms with Crippen molar-refractivity contribution in [3.63, 3.8) is 0 Å². The number of hydrogen-bond donors (Lipinski definition) is 3. The number of rotatable bonds is 7. The second kappa shape index (κ2) is 10.3. The number of hydrogen-bond acceptors (Lipinski definition) is 9. The van der Waals surface area contributed by atoms with Crippen LogP contribution in [0.25, 0.3) is 11.0 Å². The normalized spacial score (nSPS) is 17.4. The zero-order valence-electron chi connectivity index (χ0n) is 23.6. The quantitative estimate of drug-likeness (QED) is 0.269. The topological polar surface area (TPSA) is 108 Å². The molecule has 2 aliphatic heterocycles. The summed E-state index contributed by atoms with van der Waals surface area (Å²) in [7, 11) is -0.848. The minimum absolute atomic E-state index is 0.309. The number of nitrogens with one attached hydrogen (secondary N) is 3. The van der Waals surface area contributed by atoms with E-state index in [-0.39, 0.29) is 0 Å². The van der Waals surface area contributed by atoms with E-state index < -0.39 is 7.14 Å². The SMILES string of the molecule is COc1cc2c(cc1Nc1nc(Nc3ccccc3P(C)(C)=O)c3cc[nH]c3n1)OC[C@H]1CN(C(C)C)CCN21. The van der Waals surface area contributed by atoms with Crippen molar-refractivity contribution in [3.8, 4) is 11.5 Å². The molecule has 10 nitrogen and oxygen atoms in total. The summed E-state index contributed by atoms with van der Waals surface area (Å²) in [5, 5.41) is 8.36. The van der Waals surface area contributed by atoms with Crippen LogP contribution in [0.4, 0.5) is 28.8 Å². The first-order valence-electron chi connectivity index (χ1n) is 13.6. The number of fused-ring (bicyclic) bond motifs is 4. The Hall–Kier alpha value is -3.75. The Morgan fingerprint density at radius 3 is 2.70 bits per heavy atom. The summed E-state index contributed by atoms with van der Waals surface area (Å²) in [6.45, 7) is 11.6. The molecule has 2 aliphatic rings. The zero-order chi connectivity index (χ0) is 28.0. The number of methoxy groups -OCH3 is 1. The first kappa shape index (κ1) is 26.5. The van der Waals surface area contributed by atoms with Gasteiger partial charge in [0.15, 0.2) is 0 Å². The molecule has 0 unspecified atom stereocenters. The molecule has 1 atom stereocenters. The molecule has 2 aromatic carbocycles. The summed E-state index contributed by atoms with van der Waals surface area (Å²) in [4.78, 5) is 17.6. The number of nitrogens with zero attached hydrogens (tertiary/aromatic N) is 4. The second-order valence-electron chi connectivity index (χ2n) is 11.0. The van der Waals surface area contributed by atoms with Gasteiger partial charge in [0, 0.05) is 49.3 Å². The Balaban J connectivity index is 1.32. The molecule has 4 aromatic rings. The molecule has 11 heteroatoms. The van der Waals surface area contributed by atoms with Gasteiger partial charge in [-0.25, -0.2) is 0 Å². The number of aromatic nitrogens is 3. The van der Waals surface area contributed by atoms with E-state index in [0.717, 1.165) is 47.4 Å². The van der Waals surface area contributed by atoms with Gasteiger partial charge >= 0.3 is 0 Å². The molecule has 0 aliphatic carbocycles. The number of benzene rings is 2. The fourth-order valence-corrected chi connectivity index (χ4v) is 6.69. The van der Waals surface area contributed by atoms with Gasteiger partial charge in [-0.05, 0) is 45.4 Å². The summed E-state index contributed by atoms with van der Waals surface area (Å²) >= 11 is 0. The van der Waals surface area contributed by atoms with Gasteiger partial charge in [-0.3, -0.25) is 4.90 Å². The highest BCUT2D eigenvalue weighted by Crippen LogP contribution is 2.43. The standard InChI is InChI=1S/C29H36N7O3P/c1-18(2)35-12-13-36-19(16-35)17-39-25-14-22(24(38-3)15-23(25)36)32-29-33-27-20(10-11-30-27)28(34-29)31-21-8-6-7-9-26(21)40(4,5)37/h6-11,14-15,18-19H,12-13,16-17H2,1-5H3,(H3,30,31,32,33,34)/t19-/m1/s1. The number of aromatic amines is 1. The van der Waals surface area contributed by atoms with Crippen molar-refractivity contribution >= 4 is 52.3 Å². The smallest absolute Gasteiger partial charge is 0.231 e. The largest absolute Gasteiger partial charge is 0.494 e. The van der Waals surface area contributed by atoms with Gasteiger partial charge in [-0.2, -0.15) is 9.97 Å². The Labute approximate surface area is 234 Å². The van der Waals surface area contributed by atoms with Crippen LogP contribution < -0.4 is 30.3 Å². The van der Waals surface area contributed by atoms with Crippen LogP contribution in [0.3, 0.4) is 0 Å². The number of piperazine rings is 1. The average molecular weight is 562 g/mol. The van der Waals surface area contributed by atoms with Gasteiger partial charge in [0.05, 0.1) is 35.6 Å². The molecule has 40 heavy (non-hydrogen) atoms. The van der Waals surface area contributed by atoms with E-state index in [1.54, 1.807) is 20.4 Å². The van der Waals surface area contributed by atoms with Crippen LogP contribution in [-0.4, -0.2) is 78.6 Å². The van der Waals surface area contributed by atoms with Crippen molar-refractivity contribution in [2.24, 2.45) is 0 Å². The molecule has 0 saturated carbocycles. The maximum Gasteiger partial charge on any atom is 0.231 e. The van der Waals surface area contributed by atoms with E-state index >= 15 is 0 Å². The summed E-state index contributed by atoms with van der Waals surface area (Å²) < 4.78 is 25.0. The lowest BCUT2D eigenvalue weighted by Crippen LogP contribution is -2.58. The molecule has 210 valence electrons. The molecule has 1 fully saturated rings. The summed E-state index contributed by atoms with van der Waals surface area (Å²) in [5.74, 6) is 2.49. The Morgan fingerprint density at radius 1 is 1.10 bits per heavy atom. The third kappa shape index (κ3) is 4.97. The lowest BCUT2D eigenvalue weighted by molar-refractivity contribution is 0.142. The number of ether oxygens (including phenoxy) is 2. The van der Waals surface area contributed by atoms with Crippen molar-refractivity contribution in [2.75, 3.05) is 62.2 Å². The first-order chi connectivity index (χ1) is 19.2. The predicted molar refractivity (Wildman–Crippen MR) is 162 cm³/mol. The van der Waals surface area contributed by atoms with Gasteiger partial charge < -0.3 is 34.6 Å². The first-order valence-corrected chi connectivity index (χ1v) is 16.2. The molecule has 4 heterocycles. The van der Waals surface area contributed by atoms with E-state index in [4.69, 9.17) is 19.4 Å². The predicted octanol–water partition coefficient (Wildman–Crippen LogP) is 4.99. The van der Waals surface area contributed by atoms with Crippen molar-refractivity contribution in [1.82, 2.24) is 19.9 Å². The minimum Gasteiger partial charge on any atom is -0.494 e. The van der Waals surface area contributed by atoms with Crippen LogP contribution in [0.2, 0.25) is 0 Å². The second-order valence-corrected chi connectivity index (χ2v) is 14.2. The highest BCUT2D eigenvalue weighted by Gasteiger charge is 2.34. The number of para-hydroxylation sites is 1. The third-order valence-electron chi connectivity index (χ3n) is 7.67.